The van der Waals surface area contributed by atoms with Gasteiger partial charge in [0, 0.05) is 13.1 Å². The molecule has 1 heterocycles. The van der Waals surface area contributed by atoms with Gasteiger partial charge in [-0.15, -0.1) is 0 Å². The van der Waals surface area contributed by atoms with Crippen LogP contribution < -0.4 is 5.32 Å². The molecule has 0 aromatic heterocycles. The lowest BCUT2D eigenvalue weighted by Crippen LogP contribution is -2.54. The molecule has 2 aliphatic rings. The number of nitrogens with one attached hydrogen (secondary N) is 1. The lowest BCUT2D eigenvalue weighted by atomic mass is 9.94. The van der Waals surface area contributed by atoms with Crippen molar-refractivity contribution in [2.24, 2.45) is 0 Å². The molecule has 2 fully saturated rings. The highest BCUT2D eigenvalue weighted by Gasteiger charge is 2.40. The van der Waals surface area contributed by atoms with Crippen LogP contribution in [0.5, 0.6) is 0 Å². The highest BCUT2D eigenvalue weighted by molar-refractivity contribution is 5.86. The maximum absolute atomic E-state index is 13.2. The number of hydrogen-bond acceptors (Lipinski definition) is 3. The van der Waals surface area contributed by atoms with E-state index < -0.39 is 12.1 Å². The molecule has 3 rings (SSSR count). The molecule has 0 radical (unpaired) electrons. The van der Waals surface area contributed by atoms with Crippen molar-refractivity contribution in [1.29, 1.82) is 0 Å². The Morgan fingerprint density at radius 3 is 2.54 bits per heavy atom. The van der Waals surface area contributed by atoms with E-state index in [9.17, 15) is 14.0 Å². The minimum Gasteiger partial charge on any atom is -0.356 e. The lowest BCUT2D eigenvalue weighted by Gasteiger charge is -2.39. The van der Waals surface area contributed by atoms with Crippen LogP contribution >= 0.6 is 0 Å². The van der Waals surface area contributed by atoms with Crippen LogP contribution in [-0.2, 0) is 14.3 Å². The molecular formula is C18H23FN2O3. The van der Waals surface area contributed by atoms with E-state index in [4.69, 9.17) is 4.74 Å². The Morgan fingerprint density at radius 1 is 1.21 bits per heavy atom. The molecule has 24 heavy (non-hydrogen) atoms. The number of carbonyl (C=O) groups is 2. The molecule has 2 amide bonds. The highest BCUT2D eigenvalue weighted by atomic mass is 19.1. The van der Waals surface area contributed by atoms with Crippen LogP contribution in [0, 0.1) is 5.82 Å². The van der Waals surface area contributed by atoms with Gasteiger partial charge in [-0.05, 0) is 30.5 Å². The predicted octanol–water partition coefficient (Wildman–Crippen LogP) is 2.17. The summed E-state index contributed by atoms with van der Waals surface area (Å²) in [6, 6.07) is 5.48. The summed E-state index contributed by atoms with van der Waals surface area (Å²) in [6.45, 7) is -0.114. The summed E-state index contributed by atoms with van der Waals surface area (Å²) < 4.78 is 18.8. The minimum absolute atomic E-state index is 0.114. The smallest absolute Gasteiger partial charge is 0.251 e. The molecule has 1 N–H and O–H groups in total. The maximum Gasteiger partial charge on any atom is 0.251 e. The standard InChI is InChI=1S/C18H23FN2O3/c1-21-15(22)11-24-17(16(21)12-7-9-13(19)10-8-12)18(23)20-14-5-3-2-4-6-14/h7-10,14,16-17H,2-6,11H2,1H3,(H,20,23)/t16-,17-/m1/s1. The molecule has 0 spiro atoms. The van der Waals surface area contributed by atoms with Crippen LogP contribution in [0.3, 0.4) is 0 Å². The third-order valence-electron chi connectivity index (χ3n) is 4.91. The molecule has 1 aliphatic carbocycles. The molecule has 5 nitrogen and oxygen atoms in total. The SMILES string of the molecule is CN1C(=O)CO[C@@H](C(=O)NC2CCCCC2)[C@H]1c1ccc(F)cc1. The zero-order valence-electron chi connectivity index (χ0n) is 13.8. The maximum atomic E-state index is 13.2. The Hall–Kier alpha value is -1.95. The number of nitrogens with zero attached hydrogens (tertiary/aromatic N) is 1. The average molecular weight is 334 g/mol. The number of ether oxygens (including phenoxy) is 1. The summed E-state index contributed by atoms with van der Waals surface area (Å²) in [7, 11) is 1.65. The summed E-state index contributed by atoms with van der Waals surface area (Å²) in [5, 5.41) is 3.06. The molecule has 1 aromatic carbocycles. The van der Waals surface area contributed by atoms with Crippen LogP contribution in [0.2, 0.25) is 0 Å². The zero-order chi connectivity index (χ0) is 17.1. The third-order valence-corrected chi connectivity index (χ3v) is 4.91. The van der Waals surface area contributed by atoms with Gasteiger partial charge in [-0.1, -0.05) is 31.4 Å². The van der Waals surface area contributed by atoms with Gasteiger partial charge in [-0.3, -0.25) is 9.59 Å². The van der Waals surface area contributed by atoms with E-state index in [-0.39, 0.29) is 30.3 Å². The Morgan fingerprint density at radius 2 is 1.88 bits per heavy atom. The Bertz CT molecular complexity index is 599. The first-order valence-corrected chi connectivity index (χ1v) is 8.49. The topological polar surface area (TPSA) is 58.6 Å². The molecule has 130 valence electrons. The van der Waals surface area contributed by atoms with Crippen molar-refractivity contribution >= 4 is 11.8 Å². The molecule has 0 bridgehead atoms. The molecular weight excluding hydrogens is 311 g/mol. The molecule has 6 heteroatoms. The number of halogens is 1. The van der Waals surface area contributed by atoms with E-state index in [1.54, 1.807) is 19.2 Å². The largest absolute Gasteiger partial charge is 0.356 e. The van der Waals surface area contributed by atoms with Crippen molar-refractivity contribution in [3.8, 4) is 0 Å². The zero-order valence-corrected chi connectivity index (χ0v) is 13.8. The second kappa shape index (κ2) is 7.30. The fraction of sp³-hybridized carbons (Fsp3) is 0.556. The summed E-state index contributed by atoms with van der Waals surface area (Å²) in [6.07, 6.45) is 4.64. The van der Waals surface area contributed by atoms with E-state index in [0.717, 1.165) is 25.7 Å². The Kier molecular flexibility index (Phi) is 5.14. The Balaban J connectivity index is 1.79. The van der Waals surface area contributed by atoms with Gasteiger partial charge in [0.1, 0.15) is 12.4 Å². The van der Waals surface area contributed by atoms with Crippen LogP contribution in [0.15, 0.2) is 24.3 Å². The van der Waals surface area contributed by atoms with Crippen molar-refractivity contribution < 1.29 is 18.7 Å². The lowest BCUT2D eigenvalue weighted by molar-refractivity contribution is -0.162. The molecule has 1 aliphatic heterocycles. The minimum atomic E-state index is -0.778. The fourth-order valence-electron chi connectivity index (χ4n) is 3.52. The van der Waals surface area contributed by atoms with Crippen LogP contribution in [0.1, 0.15) is 43.7 Å². The molecule has 1 saturated heterocycles. The molecule has 1 aromatic rings. The first-order chi connectivity index (χ1) is 11.6. The average Bonchev–Trinajstić information content (AvgIpc) is 2.59. The number of benzene rings is 1. The normalized spacial score (nSPS) is 25.6. The second-order valence-corrected chi connectivity index (χ2v) is 6.58. The Labute approximate surface area is 141 Å². The predicted molar refractivity (Wildman–Crippen MR) is 86.7 cm³/mol. The van der Waals surface area contributed by atoms with Crippen LogP contribution in [0.4, 0.5) is 4.39 Å². The monoisotopic (exact) mass is 334 g/mol. The quantitative estimate of drug-likeness (QED) is 0.922. The summed E-state index contributed by atoms with van der Waals surface area (Å²) in [5.74, 6) is -0.741. The van der Waals surface area contributed by atoms with Crippen molar-refractivity contribution in [2.45, 2.75) is 50.3 Å². The van der Waals surface area contributed by atoms with E-state index in [1.807, 2.05) is 0 Å². The van der Waals surface area contributed by atoms with E-state index in [0.29, 0.717) is 5.56 Å². The molecule has 1 saturated carbocycles. The van der Waals surface area contributed by atoms with Gasteiger partial charge >= 0.3 is 0 Å². The molecule has 2 atom stereocenters. The first-order valence-electron chi connectivity index (χ1n) is 8.49. The van der Waals surface area contributed by atoms with Gasteiger partial charge in [-0.25, -0.2) is 4.39 Å². The van der Waals surface area contributed by atoms with Gasteiger partial charge in [0.2, 0.25) is 5.91 Å². The van der Waals surface area contributed by atoms with Crippen molar-refractivity contribution in [3.63, 3.8) is 0 Å². The second-order valence-electron chi connectivity index (χ2n) is 6.58. The van der Waals surface area contributed by atoms with Gasteiger partial charge < -0.3 is 15.0 Å². The third kappa shape index (κ3) is 3.59. The van der Waals surface area contributed by atoms with Gasteiger partial charge in [0.25, 0.3) is 5.91 Å². The summed E-state index contributed by atoms with van der Waals surface area (Å²) in [4.78, 5) is 26.2. The fourth-order valence-corrected chi connectivity index (χ4v) is 3.52. The number of amides is 2. The number of morpholine rings is 1. The van der Waals surface area contributed by atoms with Crippen molar-refractivity contribution in [2.75, 3.05) is 13.7 Å². The van der Waals surface area contributed by atoms with Gasteiger partial charge in [0.05, 0.1) is 6.04 Å². The number of likely N-dealkylation sites (N-methyl/N-ethyl adjacent to an activating group) is 1. The summed E-state index contributed by atoms with van der Waals surface area (Å²) in [5.41, 5.74) is 0.691. The highest BCUT2D eigenvalue weighted by Crippen LogP contribution is 2.30. The number of carbonyl (C=O) groups excluding carboxylic acids is 2. The molecule has 0 unspecified atom stereocenters. The first kappa shape index (κ1) is 16.9. The van der Waals surface area contributed by atoms with E-state index in [1.165, 1.54) is 23.5 Å². The van der Waals surface area contributed by atoms with Crippen LogP contribution in [-0.4, -0.2) is 42.5 Å². The van der Waals surface area contributed by atoms with E-state index in [2.05, 4.69) is 5.32 Å². The summed E-state index contributed by atoms with van der Waals surface area (Å²) >= 11 is 0. The van der Waals surface area contributed by atoms with E-state index >= 15 is 0 Å². The van der Waals surface area contributed by atoms with Gasteiger partial charge in [-0.2, -0.15) is 0 Å². The van der Waals surface area contributed by atoms with Crippen molar-refractivity contribution in [1.82, 2.24) is 10.2 Å². The van der Waals surface area contributed by atoms with Crippen LogP contribution in [0.25, 0.3) is 0 Å². The van der Waals surface area contributed by atoms with Gasteiger partial charge in [0.15, 0.2) is 6.10 Å². The van der Waals surface area contributed by atoms with Crippen molar-refractivity contribution in [3.05, 3.63) is 35.6 Å². The number of rotatable bonds is 3. The number of hydrogen-bond donors (Lipinski definition) is 1.